The lowest BCUT2D eigenvalue weighted by atomic mass is 10.5. The van der Waals surface area contributed by atoms with Crippen LogP contribution >= 0.6 is 22.2 Å². The molecule has 0 radical (unpaired) electrons. The molecule has 0 bridgehead atoms. The van der Waals surface area contributed by atoms with Crippen LogP contribution in [0.25, 0.3) is 0 Å². The van der Waals surface area contributed by atoms with Crippen LogP contribution in [0.5, 0.6) is 0 Å². The maximum atomic E-state index is 12.1. The van der Waals surface area contributed by atoms with Gasteiger partial charge in [0.15, 0.2) is 6.17 Å². The third-order valence-electron chi connectivity index (χ3n) is 0.827. The van der Waals surface area contributed by atoms with Crippen molar-refractivity contribution >= 4 is 28.9 Å². The molecular formula is C4H7Cl2F3Si. The Morgan fingerprint density at radius 1 is 1.30 bits per heavy atom. The van der Waals surface area contributed by atoms with Crippen molar-refractivity contribution < 1.29 is 13.2 Å². The zero-order valence-corrected chi connectivity index (χ0v) is 7.76. The fraction of sp³-hybridized carbons (Fsp3) is 1.00. The van der Waals surface area contributed by atoms with Crippen molar-refractivity contribution in [3.8, 4) is 0 Å². The molecular weight excluding hydrogens is 204 g/mol. The lowest BCUT2D eigenvalue weighted by Gasteiger charge is -2.12. The van der Waals surface area contributed by atoms with E-state index in [1.165, 1.54) is 6.55 Å². The Kier molecular flexibility index (Phi) is 4.05. The van der Waals surface area contributed by atoms with Crippen LogP contribution in [0.15, 0.2) is 0 Å². The smallest absolute Gasteiger partial charge is 0.241 e. The Hall–Kier alpha value is 0.587. The summed E-state index contributed by atoms with van der Waals surface area (Å²) in [6.07, 6.45) is -5.14. The van der Waals surface area contributed by atoms with Gasteiger partial charge in [0.2, 0.25) is 0 Å². The van der Waals surface area contributed by atoms with Crippen molar-refractivity contribution in [2.45, 2.75) is 25.2 Å². The van der Waals surface area contributed by atoms with Gasteiger partial charge in [0.05, 0.1) is 0 Å². The van der Waals surface area contributed by atoms with Crippen molar-refractivity contribution in [2.24, 2.45) is 0 Å². The maximum absolute atomic E-state index is 12.1. The highest BCUT2D eigenvalue weighted by Crippen LogP contribution is 2.25. The number of halogens is 5. The van der Waals surface area contributed by atoms with E-state index in [9.17, 15) is 13.2 Å². The Morgan fingerprint density at radius 3 is 1.80 bits per heavy atom. The Labute approximate surface area is 67.7 Å². The van der Waals surface area contributed by atoms with Crippen molar-refractivity contribution in [1.82, 2.24) is 0 Å². The summed E-state index contributed by atoms with van der Waals surface area (Å²) in [4.78, 5) is 0. The number of alkyl halides is 3. The second-order valence-electron chi connectivity index (χ2n) is 2.12. The lowest BCUT2D eigenvalue weighted by Crippen LogP contribution is -2.24. The Balaban J connectivity index is 3.68. The minimum atomic E-state index is -2.97. The minimum absolute atomic E-state index is 0.409. The van der Waals surface area contributed by atoms with E-state index >= 15 is 0 Å². The van der Waals surface area contributed by atoms with Gasteiger partial charge in [-0.25, -0.2) is 13.2 Å². The standard InChI is InChI=1S/C4H7Cl2F3Si/c1-10(5,6)2-3(7)4(8)9/h3-4H,2H2,1H3. The first-order valence-corrected chi connectivity index (χ1v) is 7.36. The summed E-state index contributed by atoms with van der Waals surface area (Å²) in [7, 11) is 0. The Morgan fingerprint density at radius 2 is 1.70 bits per heavy atom. The van der Waals surface area contributed by atoms with E-state index in [1.807, 2.05) is 0 Å². The molecule has 0 aliphatic carbocycles. The van der Waals surface area contributed by atoms with E-state index in [2.05, 4.69) is 0 Å². The second-order valence-corrected chi connectivity index (χ2v) is 10.3. The second kappa shape index (κ2) is 3.83. The molecule has 10 heavy (non-hydrogen) atoms. The van der Waals surface area contributed by atoms with Crippen LogP contribution in [0.1, 0.15) is 0 Å². The number of rotatable bonds is 3. The average molecular weight is 211 g/mol. The Bertz CT molecular complexity index is 103. The maximum Gasteiger partial charge on any atom is 0.269 e. The molecule has 1 unspecified atom stereocenters. The van der Waals surface area contributed by atoms with Gasteiger partial charge in [0.1, 0.15) is 0 Å². The molecule has 0 aliphatic heterocycles. The van der Waals surface area contributed by atoms with Gasteiger partial charge in [-0.2, -0.15) is 0 Å². The number of hydrogen-bond acceptors (Lipinski definition) is 0. The van der Waals surface area contributed by atoms with Crippen molar-refractivity contribution in [1.29, 1.82) is 0 Å². The summed E-state index contributed by atoms with van der Waals surface area (Å²) in [6, 6.07) is -0.409. The van der Waals surface area contributed by atoms with Crippen molar-refractivity contribution in [3.05, 3.63) is 0 Å². The van der Waals surface area contributed by atoms with Gasteiger partial charge < -0.3 is 0 Å². The molecule has 0 saturated heterocycles. The first-order valence-electron chi connectivity index (χ1n) is 2.63. The molecule has 0 fully saturated rings. The van der Waals surface area contributed by atoms with Crippen LogP contribution in [-0.2, 0) is 0 Å². The summed E-state index contributed by atoms with van der Waals surface area (Å²) >= 11 is 10.8. The van der Waals surface area contributed by atoms with E-state index in [1.54, 1.807) is 0 Å². The molecule has 62 valence electrons. The van der Waals surface area contributed by atoms with Crippen molar-refractivity contribution in [3.63, 3.8) is 0 Å². The number of hydrogen-bond donors (Lipinski definition) is 0. The fourth-order valence-electron chi connectivity index (χ4n) is 0.431. The molecule has 0 saturated carbocycles. The van der Waals surface area contributed by atoms with Gasteiger partial charge in [0, 0.05) is 6.04 Å². The minimum Gasteiger partial charge on any atom is -0.241 e. The van der Waals surface area contributed by atoms with E-state index in [0.717, 1.165) is 0 Å². The highest BCUT2D eigenvalue weighted by molar-refractivity contribution is 7.44. The van der Waals surface area contributed by atoms with Gasteiger partial charge in [-0.1, -0.05) is 0 Å². The zero-order chi connectivity index (χ0) is 8.36. The zero-order valence-electron chi connectivity index (χ0n) is 5.25. The summed E-state index contributed by atoms with van der Waals surface area (Å²) < 4.78 is 35.1. The molecule has 6 heteroatoms. The highest BCUT2D eigenvalue weighted by atomic mass is 35.7. The predicted molar refractivity (Wildman–Crippen MR) is 39.0 cm³/mol. The van der Waals surface area contributed by atoms with Crippen LogP contribution in [0.3, 0.4) is 0 Å². The van der Waals surface area contributed by atoms with Gasteiger partial charge in [-0.05, 0) is 6.55 Å². The quantitative estimate of drug-likeness (QED) is 0.497. The molecule has 1 atom stereocenters. The molecule has 0 amide bonds. The topological polar surface area (TPSA) is 0 Å². The van der Waals surface area contributed by atoms with Gasteiger partial charge >= 0.3 is 0 Å². The normalized spacial score (nSPS) is 15.9. The summed E-state index contributed by atoms with van der Waals surface area (Å²) in [5, 5.41) is 0. The van der Waals surface area contributed by atoms with Crippen LogP contribution in [-0.4, -0.2) is 19.3 Å². The SMILES string of the molecule is C[Si](Cl)(Cl)CC(F)C(F)F. The van der Waals surface area contributed by atoms with Crippen LogP contribution in [0.2, 0.25) is 12.6 Å². The third-order valence-corrected chi connectivity index (χ3v) is 2.86. The largest absolute Gasteiger partial charge is 0.269 e. The van der Waals surface area contributed by atoms with E-state index in [0.29, 0.717) is 0 Å². The van der Waals surface area contributed by atoms with E-state index in [4.69, 9.17) is 22.2 Å². The third kappa shape index (κ3) is 5.38. The molecule has 0 heterocycles. The monoisotopic (exact) mass is 210 g/mol. The highest BCUT2D eigenvalue weighted by Gasteiger charge is 2.31. The molecule has 0 rings (SSSR count). The molecule has 0 aromatic carbocycles. The molecule has 0 spiro atoms. The van der Waals surface area contributed by atoms with E-state index < -0.39 is 25.3 Å². The fourth-order valence-corrected chi connectivity index (χ4v) is 2.18. The van der Waals surface area contributed by atoms with Crippen molar-refractivity contribution in [2.75, 3.05) is 0 Å². The first-order chi connectivity index (χ1) is 4.33. The molecule has 0 nitrogen and oxygen atoms in total. The first kappa shape index (κ1) is 10.6. The van der Waals surface area contributed by atoms with Crippen LogP contribution < -0.4 is 0 Å². The van der Waals surface area contributed by atoms with E-state index in [-0.39, 0.29) is 0 Å². The van der Waals surface area contributed by atoms with Crippen LogP contribution in [0, 0.1) is 0 Å². The summed E-state index contributed by atoms with van der Waals surface area (Å²) in [5.41, 5.74) is 0. The van der Waals surface area contributed by atoms with Gasteiger partial charge in [-0.15, -0.1) is 22.2 Å². The summed E-state index contributed by atoms with van der Waals surface area (Å²) in [6.45, 7) is -1.29. The lowest BCUT2D eigenvalue weighted by molar-refractivity contribution is 0.0600. The molecule has 0 N–H and O–H groups in total. The average Bonchev–Trinajstić information content (AvgIpc) is 1.60. The summed E-state index contributed by atoms with van der Waals surface area (Å²) in [5.74, 6) is 0. The molecule has 0 aromatic heterocycles. The molecule has 0 aromatic rings. The predicted octanol–water partition coefficient (Wildman–Crippen LogP) is 3.14. The van der Waals surface area contributed by atoms with Crippen LogP contribution in [0.4, 0.5) is 13.2 Å². The molecule has 0 aliphatic rings. The van der Waals surface area contributed by atoms with Gasteiger partial charge in [0.25, 0.3) is 13.1 Å². The van der Waals surface area contributed by atoms with Gasteiger partial charge in [-0.3, -0.25) is 0 Å².